The Morgan fingerprint density at radius 3 is 2.83 bits per heavy atom. The van der Waals surface area contributed by atoms with E-state index in [1.54, 1.807) is 12.3 Å². The molecule has 2 atom stereocenters. The van der Waals surface area contributed by atoms with Crippen LogP contribution in [0.5, 0.6) is 11.5 Å². The molecule has 0 saturated carbocycles. The lowest BCUT2D eigenvalue weighted by Crippen LogP contribution is -2.21. The zero-order valence-electron chi connectivity index (χ0n) is 11.1. The van der Waals surface area contributed by atoms with Crippen molar-refractivity contribution < 1.29 is 14.1 Å². The van der Waals surface area contributed by atoms with Gasteiger partial charge in [0.15, 0.2) is 11.5 Å². The van der Waals surface area contributed by atoms with E-state index in [1.165, 1.54) is 7.11 Å². The first-order valence-corrected chi connectivity index (χ1v) is 7.67. The molecule has 5 heteroatoms. The zero-order valence-corrected chi connectivity index (χ0v) is 11.9. The van der Waals surface area contributed by atoms with E-state index < -0.39 is 10.8 Å². The molecule has 0 aromatic heterocycles. The minimum atomic E-state index is -0.726. The summed E-state index contributed by atoms with van der Waals surface area (Å²) in [6.07, 6.45) is 2.61. The van der Waals surface area contributed by atoms with Crippen molar-refractivity contribution in [2.75, 3.05) is 25.7 Å². The first-order chi connectivity index (χ1) is 8.54. The van der Waals surface area contributed by atoms with Crippen molar-refractivity contribution in [1.82, 2.24) is 5.32 Å². The van der Waals surface area contributed by atoms with E-state index in [0.29, 0.717) is 5.75 Å². The number of rotatable bonds is 7. The SMILES string of the molecule is COc1cc(C(C)NCCCS(C)=O)ccc1O. The molecule has 0 spiro atoms. The smallest absolute Gasteiger partial charge is 0.160 e. The Morgan fingerprint density at radius 1 is 1.50 bits per heavy atom. The van der Waals surface area contributed by atoms with Crippen LogP contribution in [-0.4, -0.2) is 35.0 Å². The maximum atomic E-state index is 10.9. The lowest BCUT2D eigenvalue weighted by atomic mass is 10.1. The van der Waals surface area contributed by atoms with Crippen LogP contribution in [0.25, 0.3) is 0 Å². The minimum Gasteiger partial charge on any atom is -0.504 e. The van der Waals surface area contributed by atoms with Gasteiger partial charge in [0.2, 0.25) is 0 Å². The van der Waals surface area contributed by atoms with Crippen molar-refractivity contribution in [1.29, 1.82) is 0 Å². The monoisotopic (exact) mass is 271 g/mol. The summed E-state index contributed by atoms with van der Waals surface area (Å²) in [5.41, 5.74) is 1.06. The Labute approximate surface area is 111 Å². The van der Waals surface area contributed by atoms with Crippen molar-refractivity contribution >= 4 is 10.8 Å². The van der Waals surface area contributed by atoms with Gasteiger partial charge in [-0.25, -0.2) is 0 Å². The van der Waals surface area contributed by atoms with E-state index in [2.05, 4.69) is 12.2 Å². The highest BCUT2D eigenvalue weighted by Crippen LogP contribution is 2.28. The van der Waals surface area contributed by atoms with Gasteiger partial charge >= 0.3 is 0 Å². The Hall–Kier alpha value is -1.07. The van der Waals surface area contributed by atoms with Crippen LogP contribution in [0.2, 0.25) is 0 Å². The van der Waals surface area contributed by atoms with E-state index in [-0.39, 0.29) is 11.8 Å². The second-order valence-electron chi connectivity index (χ2n) is 4.24. The summed E-state index contributed by atoms with van der Waals surface area (Å²) in [4.78, 5) is 0. The molecular weight excluding hydrogens is 250 g/mol. The first-order valence-electron chi connectivity index (χ1n) is 5.95. The Morgan fingerprint density at radius 2 is 2.22 bits per heavy atom. The number of ether oxygens (including phenoxy) is 1. The fourth-order valence-corrected chi connectivity index (χ4v) is 2.23. The predicted octanol–water partition coefficient (Wildman–Crippen LogP) is 1.82. The maximum Gasteiger partial charge on any atom is 0.160 e. The van der Waals surface area contributed by atoms with E-state index in [0.717, 1.165) is 24.3 Å². The third-order valence-electron chi connectivity index (χ3n) is 2.76. The zero-order chi connectivity index (χ0) is 13.5. The molecular formula is C13H21NO3S. The summed E-state index contributed by atoms with van der Waals surface area (Å²) in [7, 11) is 0.809. The number of hydrogen-bond donors (Lipinski definition) is 2. The molecule has 0 bridgehead atoms. The van der Waals surface area contributed by atoms with Gasteiger partial charge in [-0.15, -0.1) is 0 Å². The molecule has 0 amide bonds. The summed E-state index contributed by atoms with van der Waals surface area (Å²) >= 11 is 0. The van der Waals surface area contributed by atoms with E-state index in [9.17, 15) is 9.32 Å². The van der Waals surface area contributed by atoms with Crippen molar-refractivity contribution in [3.05, 3.63) is 23.8 Å². The van der Waals surface area contributed by atoms with Gasteiger partial charge in [0, 0.05) is 28.9 Å². The summed E-state index contributed by atoms with van der Waals surface area (Å²) in [6.45, 7) is 2.87. The molecule has 0 fully saturated rings. The van der Waals surface area contributed by atoms with Crippen LogP contribution in [0.3, 0.4) is 0 Å². The predicted molar refractivity (Wildman–Crippen MR) is 74.6 cm³/mol. The molecule has 0 aliphatic rings. The molecule has 102 valence electrons. The third-order valence-corrected chi connectivity index (χ3v) is 3.63. The van der Waals surface area contributed by atoms with Crippen LogP contribution in [0, 0.1) is 0 Å². The topological polar surface area (TPSA) is 58.6 Å². The van der Waals surface area contributed by atoms with Gasteiger partial charge in [-0.2, -0.15) is 0 Å². The van der Waals surface area contributed by atoms with Crippen molar-refractivity contribution in [2.24, 2.45) is 0 Å². The molecule has 0 heterocycles. The van der Waals surface area contributed by atoms with Crippen LogP contribution < -0.4 is 10.1 Å². The summed E-state index contributed by atoms with van der Waals surface area (Å²) in [5.74, 6) is 1.35. The number of phenolic OH excluding ortho intramolecular Hbond substituents is 1. The number of aromatic hydroxyl groups is 1. The van der Waals surface area contributed by atoms with Gasteiger partial charge in [0.05, 0.1) is 7.11 Å². The van der Waals surface area contributed by atoms with Gasteiger partial charge < -0.3 is 15.2 Å². The van der Waals surface area contributed by atoms with Crippen LogP contribution in [-0.2, 0) is 10.8 Å². The highest BCUT2D eigenvalue weighted by Gasteiger charge is 2.08. The summed E-state index contributed by atoms with van der Waals surface area (Å²) in [6, 6.07) is 5.50. The molecule has 1 aromatic carbocycles. The molecule has 1 aromatic rings. The standard InChI is InChI=1S/C13H21NO3S/c1-10(14-7-4-8-18(3)16)11-5-6-12(15)13(9-11)17-2/h5-6,9-10,14-15H,4,7-8H2,1-3H3. The second kappa shape index (κ2) is 7.38. The highest BCUT2D eigenvalue weighted by atomic mass is 32.2. The number of nitrogens with one attached hydrogen (secondary N) is 1. The highest BCUT2D eigenvalue weighted by molar-refractivity contribution is 7.84. The van der Waals surface area contributed by atoms with Crippen molar-refractivity contribution in [3.63, 3.8) is 0 Å². The van der Waals surface area contributed by atoms with Gasteiger partial charge in [0.25, 0.3) is 0 Å². The number of benzene rings is 1. The number of phenols is 1. The minimum absolute atomic E-state index is 0.148. The van der Waals surface area contributed by atoms with E-state index in [4.69, 9.17) is 4.74 Å². The first kappa shape index (κ1) is 15.0. The fourth-order valence-electron chi connectivity index (χ4n) is 1.68. The number of hydrogen-bond acceptors (Lipinski definition) is 4. The molecule has 0 radical (unpaired) electrons. The molecule has 0 saturated heterocycles. The molecule has 18 heavy (non-hydrogen) atoms. The van der Waals surface area contributed by atoms with Gasteiger partial charge in [-0.05, 0) is 37.6 Å². The average Bonchev–Trinajstić information content (AvgIpc) is 2.34. The molecule has 0 aliphatic heterocycles. The van der Waals surface area contributed by atoms with Crippen molar-refractivity contribution in [3.8, 4) is 11.5 Å². The lowest BCUT2D eigenvalue weighted by Gasteiger charge is -2.15. The Kier molecular flexibility index (Phi) is 6.15. The maximum absolute atomic E-state index is 10.9. The number of methoxy groups -OCH3 is 1. The largest absolute Gasteiger partial charge is 0.504 e. The van der Waals surface area contributed by atoms with Gasteiger partial charge in [-0.3, -0.25) is 4.21 Å². The fraction of sp³-hybridized carbons (Fsp3) is 0.538. The Balaban J connectivity index is 2.50. The van der Waals surface area contributed by atoms with Crippen LogP contribution in [0.4, 0.5) is 0 Å². The van der Waals surface area contributed by atoms with Gasteiger partial charge in [0.1, 0.15) is 0 Å². The normalized spacial score (nSPS) is 14.2. The molecule has 0 aliphatic carbocycles. The average molecular weight is 271 g/mol. The summed E-state index contributed by atoms with van der Waals surface area (Å²) < 4.78 is 16.0. The van der Waals surface area contributed by atoms with E-state index >= 15 is 0 Å². The Bertz CT molecular complexity index is 409. The van der Waals surface area contributed by atoms with Crippen molar-refractivity contribution in [2.45, 2.75) is 19.4 Å². The second-order valence-corrected chi connectivity index (χ2v) is 5.79. The van der Waals surface area contributed by atoms with Crippen LogP contribution >= 0.6 is 0 Å². The van der Waals surface area contributed by atoms with Crippen LogP contribution in [0.15, 0.2) is 18.2 Å². The summed E-state index contributed by atoms with van der Waals surface area (Å²) in [5, 5.41) is 12.9. The van der Waals surface area contributed by atoms with Crippen LogP contribution in [0.1, 0.15) is 24.9 Å². The van der Waals surface area contributed by atoms with Gasteiger partial charge in [-0.1, -0.05) is 6.07 Å². The molecule has 4 nitrogen and oxygen atoms in total. The molecule has 1 rings (SSSR count). The molecule has 2 N–H and O–H groups in total. The quantitative estimate of drug-likeness (QED) is 0.743. The third kappa shape index (κ3) is 4.66. The van der Waals surface area contributed by atoms with E-state index in [1.807, 2.05) is 12.1 Å². The lowest BCUT2D eigenvalue weighted by molar-refractivity contribution is 0.372. The molecule has 2 unspecified atom stereocenters.